The van der Waals surface area contributed by atoms with Crippen LogP contribution in [0.15, 0.2) is 12.7 Å². The molecule has 0 spiro atoms. The molecule has 0 amide bonds. The zero-order valence-corrected chi connectivity index (χ0v) is 11.6. The highest BCUT2D eigenvalue weighted by Gasteiger charge is 2.45. The summed E-state index contributed by atoms with van der Waals surface area (Å²) in [6.07, 6.45) is 5.00. The summed E-state index contributed by atoms with van der Waals surface area (Å²) in [7, 11) is 0. The molecule has 0 aliphatic heterocycles. The molecule has 3 N–H and O–H groups in total. The Morgan fingerprint density at radius 3 is 3.16 bits per heavy atom. The fourth-order valence-corrected chi connectivity index (χ4v) is 3.57. The molecule has 0 saturated heterocycles. The van der Waals surface area contributed by atoms with E-state index in [9.17, 15) is 5.11 Å². The van der Waals surface area contributed by atoms with Crippen LogP contribution < -0.4 is 5.32 Å². The minimum Gasteiger partial charge on any atom is -0.387 e. The zero-order chi connectivity index (χ0) is 13.3. The summed E-state index contributed by atoms with van der Waals surface area (Å²) in [5, 5.41) is 14.1. The van der Waals surface area contributed by atoms with E-state index in [-0.39, 0.29) is 0 Å². The van der Waals surface area contributed by atoms with Gasteiger partial charge in [-0.15, -0.1) is 0 Å². The van der Waals surface area contributed by atoms with Gasteiger partial charge in [0.15, 0.2) is 11.5 Å². The topological polar surface area (TPSA) is 86.7 Å². The van der Waals surface area contributed by atoms with Crippen molar-refractivity contribution in [3.05, 3.63) is 12.7 Å². The van der Waals surface area contributed by atoms with Crippen LogP contribution in [0.1, 0.15) is 19.8 Å². The van der Waals surface area contributed by atoms with Gasteiger partial charge in [-0.1, -0.05) is 6.92 Å². The van der Waals surface area contributed by atoms with Gasteiger partial charge in [-0.2, -0.15) is 11.8 Å². The fraction of sp³-hybridized carbons (Fsp3) is 0.583. The molecule has 3 rings (SSSR count). The Kier molecular flexibility index (Phi) is 3.32. The monoisotopic (exact) mass is 279 g/mol. The van der Waals surface area contributed by atoms with E-state index >= 15 is 0 Å². The summed E-state index contributed by atoms with van der Waals surface area (Å²) >= 11 is 1.82. The third kappa shape index (κ3) is 2.28. The van der Waals surface area contributed by atoms with E-state index in [2.05, 4.69) is 32.2 Å². The zero-order valence-electron chi connectivity index (χ0n) is 10.8. The Labute approximate surface area is 115 Å². The Bertz CT molecular complexity index is 574. The van der Waals surface area contributed by atoms with Gasteiger partial charge in [-0.3, -0.25) is 0 Å². The number of H-pyrrole nitrogens is 1. The van der Waals surface area contributed by atoms with Crippen LogP contribution in [0.3, 0.4) is 0 Å². The number of aromatic nitrogens is 4. The van der Waals surface area contributed by atoms with E-state index in [1.807, 2.05) is 11.8 Å². The summed E-state index contributed by atoms with van der Waals surface area (Å²) in [5.41, 5.74) is 0.792. The SMILES string of the molecule is CCSC1CCC1(O)CNc1ncnc2nc[nH]c12. The van der Waals surface area contributed by atoms with Gasteiger partial charge in [0.25, 0.3) is 0 Å². The van der Waals surface area contributed by atoms with Crippen molar-refractivity contribution >= 4 is 28.7 Å². The van der Waals surface area contributed by atoms with Gasteiger partial charge in [0.1, 0.15) is 11.8 Å². The van der Waals surface area contributed by atoms with E-state index in [1.54, 1.807) is 6.33 Å². The minimum absolute atomic E-state index is 0.323. The largest absolute Gasteiger partial charge is 0.387 e. The van der Waals surface area contributed by atoms with Gasteiger partial charge in [0, 0.05) is 11.8 Å². The van der Waals surface area contributed by atoms with E-state index in [4.69, 9.17) is 0 Å². The van der Waals surface area contributed by atoms with Crippen LogP contribution in [0.25, 0.3) is 11.2 Å². The predicted octanol–water partition coefficient (Wildman–Crippen LogP) is 1.41. The van der Waals surface area contributed by atoms with E-state index in [0.29, 0.717) is 23.3 Å². The first kappa shape index (κ1) is 12.7. The number of nitrogens with zero attached hydrogens (tertiary/aromatic N) is 3. The molecular formula is C12H17N5OS. The molecule has 1 aliphatic rings. The lowest BCUT2D eigenvalue weighted by molar-refractivity contribution is -0.0120. The molecule has 2 aromatic rings. The van der Waals surface area contributed by atoms with Crippen molar-refractivity contribution in [1.82, 2.24) is 19.9 Å². The summed E-state index contributed by atoms with van der Waals surface area (Å²) in [6.45, 7) is 2.63. The first-order valence-corrected chi connectivity index (χ1v) is 7.50. The Morgan fingerprint density at radius 1 is 1.53 bits per heavy atom. The van der Waals surface area contributed by atoms with Crippen LogP contribution >= 0.6 is 11.8 Å². The molecule has 0 radical (unpaired) electrons. The van der Waals surface area contributed by atoms with Gasteiger partial charge in [-0.25, -0.2) is 15.0 Å². The third-order valence-electron chi connectivity index (χ3n) is 3.59. The molecule has 1 saturated carbocycles. The number of fused-ring (bicyclic) bond motifs is 1. The van der Waals surface area contributed by atoms with Gasteiger partial charge in [-0.05, 0) is 18.6 Å². The summed E-state index contributed by atoms with van der Waals surface area (Å²) in [4.78, 5) is 15.4. The number of aromatic amines is 1. The average molecular weight is 279 g/mol. The van der Waals surface area contributed by atoms with Crippen LogP contribution in [0, 0.1) is 0 Å². The lowest BCUT2D eigenvalue weighted by Crippen LogP contribution is -2.54. The molecule has 0 aromatic carbocycles. The highest BCUT2D eigenvalue weighted by Crippen LogP contribution is 2.41. The Balaban J connectivity index is 1.71. The van der Waals surface area contributed by atoms with E-state index < -0.39 is 5.60 Å². The number of aliphatic hydroxyl groups is 1. The summed E-state index contributed by atoms with van der Waals surface area (Å²) in [6, 6.07) is 0. The second-order valence-electron chi connectivity index (χ2n) is 4.76. The molecule has 102 valence electrons. The van der Waals surface area contributed by atoms with Crippen LogP contribution in [-0.2, 0) is 0 Å². The first-order chi connectivity index (χ1) is 9.23. The molecule has 2 unspecified atom stereocenters. The summed E-state index contributed by atoms with van der Waals surface area (Å²) in [5.74, 6) is 1.73. The first-order valence-electron chi connectivity index (χ1n) is 6.45. The normalized spacial score (nSPS) is 26.3. The molecule has 19 heavy (non-hydrogen) atoms. The highest BCUT2D eigenvalue weighted by atomic mass is 32.2. The number of imidazole rings is 1. The van der Waals surface area contributed by atoms with E-state index in [1.165, 1.54) is 6.33 Å². The van der Waals surface area contributed by atoms with Crippen LogP contribution in [0.5, 0.6) is 0 Å². The van der Waals surface area contributed by atoms with Gasteiger partial charge >= 0.3 is 0 Å². The number of hydrogen-bond acceptors (Lipinski definition) is 6. The average Bonchev–Trinajstić information content (AvgIpc) is 2.89. The van der Waals surface area contributed by atoms with Crippen molar-refractivity contribution in [2.24, 2.45) is 0 Å². The maximum Gasteiger partial charge on any atom is 0.182 e. The number of thioether (sulfide) groups is 1. The molecule has 6 nitrogen and oxygen atoms in total. The number of rotatable bonds is 5. The third-order valence-corrected chi connectivity index (χ3v) is 5.00. The number of anilines is 1. The van der Waals surface area contributed by atoms with Crippen molar-refractivity contribution in [2.75, 3.05) is 17.6 Å². The van der Waals surface area contributed by atoms with Crippen molar-refractivity contribution in [1.29, 1.82) is 0 Å². The van der Waals surface area contributed by atoms with E-state index in [0.717, 1.165) is 24.1 Å². The van der Waals surface area contributed by atoms with Crippen LogP contribution in [-0.4, -0.2) is 48.2 Å². The quantitative estimate of drug-likeness (QED) is 0.767. The Hall–Kier alpha value is -1.34. The lowest BCUT2D eigenvalue weighted by Gasteiger charge is -2.45. The van der Waals surface area contributed by atoms with Gasteiger partial charge in [0.2, 0.25) is 0 Å². The molecule has 2 aromatic heterocycles. The summed E-state index contributed by atoms with van der Waals surface area (Å²) < 4.78 is 0. The van der Waals surface area contributed by atoms with Crippen LogP contribution in [0.4, 0.5) is 5.82 Å². The van der Waals surface area contributed by atoms with Crippen molar-refractivity contribution in [2.45, 2.75) is 30.6 Å². The smallest absolute Gasteiger partial charge is 0.182 e. The van der Waals surface area contributed by atoms with Gasteiger partial charge in [0.05, 0.1) is 11.9 Å². The van der Waals surface area contributed by atoms with Crippen molar-refractivity contribution in [3.8, 4) is 0 Å². The maximum absolute atomic E-state index is 10.5. The molecule has 0 bridgehead atoms. The molecule has 7 heteroatoms. The van der Waals surface area contributed by atoms with Crippen molar-refractivity contribution < 1.29 is 5.11 Å². The van der Waals surface area contributed by atoms with Gasteiger partial charge < -0.3 is 15.4 Å². The predicted molar refractivity (Wildman–Crippen MR) is 76.3 cm³/mol. The highest BCUT2D eigenvalue weighted by molar-refractivity contribution is 8.00. The lowest BCUT2D eigenvalue weighted by atomic mass is 9.79. The molecule has 1 fully saturated rings. The maximum atomic E-state index is 10.5. The fourth-order valence-electron chi connectivity index (χ4n) is 2.37. The molecular weight excluding hydrogens is 262 g/mol. The van der Waals surface area contributed by atoms with Crippen LogP contribution in [0.2, 0.25) is 0 Å². The molecule has 2 heterocycles. The second-order valence-corrected chi connectivity index (χ2v) is 6.24. The molecule has 2 atom stereocenters. The van der Waals surface area contributed by atoms with Crippen molar-refractivity contribution in [3.63, 3.8) is 0 Å². The second kappa shape index (κ2) is 4.97. The molecule has 1 aliphatic carbocycles. The standard InChI is InChI=1S/C12H17N5OS/c1-2-19-8-3-4-12(8,18)5-13-10-9-11(15-6-14-9)17-7-16-10/h6-8,18H,2-5H2,1H3,(H2,13,14,15,16,17). The Morgan fingerprint density at radius 2 is 2.42 bits per heavy atom. The minimum atomic E-state index is -0.627. The number of hydrogen-bond donors (Lipinski definition) is 3. The number of nitrogens with one attached hydrogen (secondary N) is 2.